The van der Waals surface area contributed by atoms with Crippen molar-refractivity contribution in [1.29, 1.82) is 0 Å². The smallest absolute Gasteiger partial charge is 0.264 e. The highest BCUT2D eigenvalue weighted by Gasteiger charge is 2.23. The first kappa shape index (κ1) is 29.0. The van der Waals surface area contributed by atoms with E-state index in [0.717, 1.165) is 23.6 Å². The van der Waals surface area contributed by atoms with E-state index in [1.165, 1.54) is 0 Å². The first-order valence-electron chi connectivity index (χ1n) is 10.7. The van der Waals surface area contributed by atoms with Crippen molar-refractivity contribution in [2.24, 2.45) is 0 Å². The summed E-state index contributed by atoms with van der Waals surface area (Å²) in [4.78, 5) is 0. The Kier molecular flexibility index (Phi) is 10.1. The molecule has 0 amide bonds. The van der Waals surface area contributed by atoms with Crippen LogP contribution >= 0.6 is 0 Å². The summed E-state index contributed by atoms with van der Waals surface area (Å²) in [6.07, 6.45) is -0.358. The molecule has 0 aliphatic rings. The molecule has 2 N–H and O–H groups in total. The summed E-state index contributed by atoms with van der Waals surface area (Å²) in [6, 6.07) is 14.7. The van der Waals surface area contributed by atoms with E-state index in [4.69, 9.17) is 9.47 Å². The molecule has 2 rings (SSSR count). The lowest BCUT2D eigenvalue weighted by atomic mass is 9.78. The molecule has 0 fully saturated rings. The highest BCUT2D eigenvalue weighted by molar-refractivity contribution is 7.86. The van der Waals surface area contributed by atoms with Gasteiger partial charge >= 0.3 is 0 Å². The molecule has 0 saturated carbocycles. The summed E-state index contributed by atoms with van der Waals surface area (Å²) in [5, 5.41) is 19.6. The van der Waals surface area contributed by atoms with Gasteiger partial charge in [0.05, 0.1) is 25.7 Å². The third-order valence-corrected chi connectivity index (χ3v) is 6.11. The third kappa shape index (κ3) is 10.5. The van der Waals surface area contributed by atoms with Crippen molar-refractivity contribution in [3.05, 3.63) is 59.7 Å². The Bertz CT molecular complexity index is 1050. The number of benzene rings is 2. The number of ether oxygens (including phenoxy) is 2. The summed E-state index contributed by atoms with van der Waals surface area (Å²) < 4.78 is 64.0. The van der Waals surface area contributed by atoms with Crippen molar-refractivity contribution in [3.63, 3.8) is 0 Å². The van der Waals surface area contributed by atoms with Crippen LogP contribution in [0.5, 0.6) is 11.5 Å². The van der Waals surface area contributed by atoms with Crippen LogP contribution in [0.4, 0.5) is 0 Å². The lowest BCUT2D eigenvalue weighted by Crippen LogP contribution is -2.25. The standard InChI is InChI=1S/C23H32O10S2/c1-23(2,17-5-9-21(10-6-17)30-13-19(24)15-32-34(3,26)27)18-7-11-22(12-8-18)31-14-20(25)16-33-35(4,28)29/h5-12,19-20,24-25H,13-16H2,1-4H3. The Balaban J connectivity index is 1.92. The van der Waals surface area contributed by atoms with Gasteiger partial charge in [-0.2, -0.15) is 16.8 Å². The van der Waals surface area contributed by atoms with E-state index in [1.54, 1.807) is 24.3 Å². The molecule has 10 nitrogen and oxygen atoms in total. The van der Waals surface area contributed by atoms with Gasteiger partial charge in [-0.1, -0.05) is 38.1 Å². The van der Waals surface area contributed by atoms with Gasteiger partial charge in [-0.15, -0.1) is 0 Å². The van der Waals surface area contributed by atoms with Crippen molar-refractivity contribution in [2.75, 3.05) is 38.9 Å². The van der Waals surface area contributed by atoms with Crippen molar-refractivity contribution in [1.82, 2.24) is 0 Å². The predicted molar refractivity (Wildman–Crippen MR) is 130 cm³/mol. The average Bonchev–Trinajstić information content (AvgIpc) is 2.78. The topological polar surface area (TPSA) is 146 Å². The maximum absolute atomic E-state index is 11.0. The number of hydrogen-bond donors (Lipinski definition) is 2. The molecule has 35 heavy (non-hydrogen) atoms. The zero-order valence-corrected chi connectivity index (χ0v) is 21.7. The molecule has 0 bridgehead atoms. The van der Waals surface area contributed by atoms with E-state index in [2.05, 4.69) is 22.2 Å². The summed E-state index contributed by atoms with van der Waals surface area (Å²) in [6.45, 7) is 3.12. The molecule has 0 aliphatic carbocycles. The second-order valence-corrected chi connectivity index (χ2v) is 11.9. The molecule has 2 unspecified atom stereocenters. The minimum atomic E-state index is -3.63. The molecular weight excluding hydrogens is 500 g/mol. The Morgan fingerprint density at radius 1 is 0.657 bits per heavy atom. The van der Waals surface area contributed by atoms with Crippen LogP contribution < -0.4 is 9.47 Å². The Morgan fingerprint density at radius 3 is 1.26 bits per heavy atom. The van der Waals surface area contributed by atoms with Crippen LogP contribution in [-0.2, 0) is 34.0 Å². The van der Waals surface area contributed by atoms with E-state index in [9.17, 15) is 27.0 Å². The molecule has 0 heterocycles. The molecule has 0 saturated heterocycles. The van der Waals surface area contributed by atoms with Crippen LogP contribution in [0, 0.1) is 0 Å². The average molecular weight is 533 g/mol. The normalized spacial score (nSPS) is 14.3. The molecular formula is C23H32O10S2. The van der Waals surface area contributed by atoms with E-state index >= 15 is 0 Å². The van der Waals surface area contributed by atoms with Crippen LogP contribution in [0.2, 0.25) is 0 Å². The van der Waals surface area contributed by atoms with Gasteiger partial charge in [-0.3, -0.25) is 8.37 Å². The minimum absolute atomic E-state index is 0.116. The van der Waals surface area contributed by atoms with Gasteiger partial charge in [-0.05, 0) is 35.4 Å². The Labute approximate surface area is 206 Å². The molecule has 2 aromatic carbocycles. The summed E-state index contributed by atoms with van der Waals surface area (Å²) in [7, 11) is -7.26. The fourth-order valence-corrected chi connectivity index (χ4v) is 3.80. The van der Waals surface area contributed by atoms with Gasteiger partial charge in [0.25, 0.3) is 20.2 Å². The lowest BCUT2D eigenvalue weighted by Gasteiger charge is -2.26. The fourth-order valence-electron chi connectivity index (χ4n) is 2.99. The number of hydrogen-bond acceptors (Lipinski definition) is 10. The molecule has 196 valence electrons. The summed E-state index contributed by atoms with van der Waals surface area (Å²) >= 11 is 0. The van der Waals surface area contributed by atoms with Gasteiger partial charge in [0.1, 0.15) is 36.9 Å². The maximum atomic E-state index is 11.0. The van der Waals surface area contributed by atoms with Crippen molar-refractivity contribution < 1.29 is 44.9 Å². The van der Waals surface area contributed by atoms with E-state index in [0.29, 0.717) is 11.5 Å². The second-order valence-electron chi connectivity index (χ2n) is 8.58. The second kappa shape index (κ2) is 12.2. The largest absolute Gasteiger partial charge is 0.491 e. The highest BCUT2D eigenvalue weighted by Crippen LogP contribution is 2.33. The summed E-state index contributed by atoms with van der Waals surface area (Å²) in [5.41, 5.74) is 1.66. The van der Waals surface area contributed by atoms with Crippen molar-refractivity contribution in [3.8, 4) is 11.5 Å². The molecule has 12 heteroatoms. The van der Waals surface area contributed by atoms with Crippen LogP contribution in [0.25, 0.3) is 0 Å². The number of aliphatic hydroxyl groups excluding tert-OH is 2. The van der Waals surface area contributed by atoms with Crippen molar-refractivity contribution >= 4 is 20.2 Å². The SMILES string of the molecule is CC(C)(c1ccc(OCC(O)COS(C)(=O)=O)cc1)c1ccc(OCC(O)COS(C)(=O)=O)cc1. The van der Waals surface area contributed by atoms with Crippen molar-refractivity contribution in [2.45, 2.75) is 31.5 Å². The van der Waals surface area contributed by atoms with Crippen LogP contribution in [0.1, 0.15) is 25.0 Å². The first-order chi connectivity index (χ1) is 16.2. The van der Waals surface area contributed by atoms with E-state index < -0.39 is 32.4 Å². The molecule has 0 aromatic heterocycles. The first-order valence-corrected chi connectivity index (χ1v) is 14.3. The molecule has 0 aliphatic heterocycles. The van der Waals surface area contributed by atoms with Gasteiger partial charge in [0.15, 0.2) is 0 Å². The molecule has 2 aromatic rings. The third-order valence-electron chi connectivity index (χ3n) is 4.99. The summed E-state index contributed by atoms with van der Waals surface area (Å²) in [5.74, 6) is 1.04. The zero-order chi connectivity index (χ0) is 26.3. The van der Waals surface area contributed by atoms with E-state index in [-0.39, 0.29) is 31.8 Å². The monoisotopic (exact) mass is 532 g/mol. The molecule has 0 spiro atoms. The van der Waals surface area contributed by atoms with Gasteiger partial charge in [-0.25, -0.2) is 0 Å². The zero-order valence-electron chi connectivity index (χ0n) is 20.1. The van der Waals surface area contributed by atoms with Gasteiger partial charge in [0.2, 0.25) is 0 Å². The highest BCUT2D eigenvalue weighted by atomic mass is 32.2. The number of aliphatic hydroxyl groups is 2. The predicted octanol–water partition coefficient (Wildman–Crippen LogP) is 1.44. The van der Waals surface area contributed by atoms with E-state index in [1.807, 2.05) is 24.3 Å². The van der Waals surface area contributed by atoms with Gasteiger partial charge in [0, 0.05) is 5.41 Å². The lowest BCUT2D eigenvalue weighted by molar-refractivity contribution is 0.0652. The van der Waals surface area contributed by atoms with Crippen LogP contribution in [0.15, 0.2) is 48.5 Å². The van der Waals surface area contributed by atoms with Crippen LogP contribution in [0.3, 0.4) is 0 Å². The minimum Gasteiger partial charge on any atom is -0.491 e. The van der Waals surface area contributed by atoms with Crippen LogP contribution in [-0.4, -0.2) is 78.2 Å². The van der Waals surface area contributed by atoms with Gasteiger partial charge < -0.3 is 19.7 Å². The fraction of sp³-hybridized carbons (Fsp3) is 0.478. The Morgan fingerprint density at radius 2 is 0.971 bits per heavy atom. The maximum Gasteiger partial charge on any atom is 0.264 e. The Hall–Kier alpha value is -2.22. The quantitative estimate of drug-likeness (QED) is 0.343. The molecule has 2 atom stereocenters. The molecule has 0 radical (unpaired) electrons. The number of rotatable bonds is 14.